The van der Waals surface area contributed by atoms with Gasteiger partial charge in [0, 0.05) is 47.5 Å². The molecule has 0 amide bonds. The Kier molecular flexibility index (Phi) is 15.1. The predicted octanol–water partition coefficient (Wildman–Crippen LogP) is 11.7. The van der Waals surface area contributed by atoms with Crippen LogP contribution >= 0.6 is 23.2 Å². The van der Waals surface area contributed by atoms with E-state index in [0.29, 0.717) is 37.5 Å². The van der Waals surface area contributed by atoms with Crippen LogP contribution in [0.3, 0.4) is 0 Å². The molecule has 4 unspecified atom stereocenters. The minimum atomic E-state index is -0.971. The molecule has 362 valence electrons. The molecule has 12 heteroatoms. The number of likely N-dealkylation sites (tertiary alicyclic amines) is 2. The molecule has 2 saturated heterocycles. The van der Waals surface area contributed by atoms with Gasteiger partial charge in [-0.3, -0.25) is 9.97 Å². The van der Waals surface area contributed by atoms with Crippen molar-refractivity contribution in [3.05, 3.63) is 164 Å². The Morgan fingerprint density at radius 3 is 1.59 bits per heavy atom. The highest BCUT2D eigenvalue weighted by Gasteiger charge is 2.37. The number of hydrogen-bond donors (Lipinski definition) is 3. The molecule has 0 bridgehead atoms. The van der Waals surface area contributed by atoms with Crippen LogP contribution in [0.4, 0.5) is 0 Å². The molecule has 6 aromatic rings. The van der Waals surface area contributed by atoms with Gasteiger partial charge in [0.2, 0.25) is 0 Å². The van der Waals surface area contributed by atoms with E-state index in [1.54, 1.807) is 18.9 Å². The number of piperidine rings is 2. The molecule has 4 aliphatic rings. The first kappa shape index (κ1) is 49.1. The van der Waals surface area contributed by atoms with E-state index in [0.717, 1.165) is 97.5 Å². The second kappa shape index (κ2) is 21.2. The van der Waals surface area contributed by atoms with Gasteiger partial charge >= 0.3 is 0 Å². The fourth-order valence-corrected chi connectivity index (χ4v) is 11.9. The van der Waals surface area contributed by atoms with E-state index in [1.807, 2.05) is 68.3 Å². The van der Waals surface area contributed by atoms with Crippen molar-refractivity contribution in [3.63, 3.8) is 0 Å². The number of halogens is 2. The zero-order chi connectivity index (χ0) is 48.3. The van der Waals surface area contributed by atoms with Crippen LogP contribution in [-0.4, -0.2) is 89.8 Å². The number of benzene rings is 2. The Morgan fingerprint density at radius 2 is 1.16 bits per heavy atom. The van der Waals surface area contributed by atoms with Crippen LogP contribution in [-0.2, 0) is 18.2 Å². The highest BCUT2D eigenvalue weighted by Crippen LogP contribution is 2.48. The van der Waals surface area contributed by atoms with Crippen LogP contribution in [0.2, 0.25) is 10.0 Å². The number of allylic oxidation sites excluding steroid dienone is 2. The molecule has 3 N–H and O–H groups in total. The summed E-state index contributed by atoms with van der Waals surface area (Å²) in [4.78, 5) is 26.5. The maximum atomic E-state index is 11.5. The monoisotopic (exact) mass is 966 g/mol. The Bertz CT molecular complexity index is 2770. The summed E-state index contributed by atoms with van der Waals surface area (Å²) in [5.41, 5.74) is 11.7. The lowest BCUT2D eigenvalue weighted by atomic mass is 9.76. The summed E-state index contributed by atoms with van der Waals surface area (Å²) < 4.78 is 1.89. The number of hydrogen-bond acceptors (Lipinski definition) is 8. The predicted molar refractivity (Wildman–Crippen MR) is 280 cm³/mol. The van der Waals surface area contributed by atoms with E-state index in [1.165, 1.54) is 44.5 Å². The molecule has 0 saturated carbocycles. The average molecular weight is 968 g/mol. The highest BCUT2D eigenvalue weighted by atomic mass is 35.5. The van der Waals surface area contributed by atoms with Gasteiger partial charge in [0.1, 0.15) is 11.2 Å². The molecule has 2 aliphatic heterocycles. The first-order valence-electron chi connectivity index (χ1n) is 25.1. The minimum Gasteiger partial charge on any atom is -0.384 e. The average Bonchev–Trinajstić information content (AvgIpc) is 4.03. The topological polar surface area (TPSA) is 119 Å². The van der Waals surface area contributed by atoms with E-state index in [9.17, 15) is 10.2 Å². The summed E-state index contributed by atoms with van der Waals surface area (Å²) in [7, 11) is 6.35. The number of nitrogens with zero attached hydrogens (tertiary/aromatic N) is 7. The van der Waals surface area contributed by atoms with Gasteiger partial charge in [0.15, 0.2) is 0 Å². The highest BCUT2D eigenvalue weighted by molar-refractivity contribution is 6.31. The lowest BCUT2D eigenvalue weighted by Gasteiger charge is -2.35. The summed E-state index contributed by atoms with van der Waals surface area (Å²) in [6, 6.07) is 21.1. The zero-order valence-corrected chi connectivity index (χ0v) is 42.4. The van der Waals surface area contributed by atoms with Crippen LogP contribution in [0.1, 0.15) is 146 Å². The van der Waals surface area contributed by atoms with Gasteiger partial charge in [-0.2, -0.15) is 0 Å². The van der Waals surface area contributed by atoms with Crippen LogP contribution in [0.15, 0.2) is 98.1 Å². The van der Waals surface area contributed by atoms with Crippen LogP contribution < -0.4 is 0 Å². The SMILES string of the molecule is CCC(O)(CCC1=Cc2cc(Cl)ccc2C(C2CCN(C)CC2)c2ncccc21)c1cn(C)cn1.CCC(O)(CCC1=Cc2cc(Cl)ccc2C(C2CCN(C)CC2)c2ncccc21)c1cnc[nH]1. The van der Waals surface area contributed by atoms with E-state index < -0.39 is 11.2 Å². The van der Waals surface area contributed by atoms with Gasteiger partial charge in [-0.05, 0) is 197 Å². The molecule has 2 aromatic carbocycles. The van der Waals surface area contributed by atoms with E-state index in [4.69, 9.17) is 33.2 Å². The van der Waals surface area contributed by atoms with E-state index in [-0.39, 0.29) is 11.8 Å². The third kappa shape index (κ3) is 10.6. The standard InChI is InChI=1S/C29H35ClN4O.C28H33ClN4O/c1-4-29(35,26-18-34(3)19-32-26)12-9-21-16-22-17-23(30)7-8-24(22)27(20-10-14-33(2)15-11-20)28-25(21)6-5-13-31-28;1-3-28(34,25-17-30-18-32-25)11-8-20-15-21-16-22(29)6-7-23(21)26(19-9-13-33(2)14-10-19)27-24(20)5-4-12-31-27/h5-8,13,16-20,27,35H,4,9-12,14-15H2,1-3H3;4-7,12,15-19,26,34H,3,8-11,13-14H2,1-2H3,(H,30,32). The summed E-state index contributed by atoms with van der Waals surface area (Å²) in [5.74, 6) is 1.55. The molecule has 2 aliphatic carbocycles. The molecular weight excluding hydrogens is 900 g/mol. The number of aliphatic hydroxyl groups is 2. The van der Waals surface area contributed by atoms with Crippen LogP contribution in [0.25, 0.3) is 23.3 Å². The van der Waals surface area contributed by atoms with Crippen LogP contribution in [0, 0.1) is 11.8 Å². The number of fused-ring (bicyclic) bond motifs is 4. The Balaban J connectivity index is 0.000000172. The molecule has 10 nitrogen and oxygen atoms in total. The van der Waals surface area contributed by atoms with Gasteiger partial charge in [0.05, 0.1) is 41.6 Å². The maximum Gasteiger partial charge on any atom is 0.108 e. The lowest BCUT2D eigenvalue weighted by Crippen LogP contribution is -2.33. The molecule has 2 fully saturated rings. The Morgan fingerprint density at radius 1 is 0.667 bits per heavy atom. The second-order valence-electron chi connectivity index (χ2n) is 20.2. The van der Waals surface area contributed by atoms with Gasteiger partial charge in [-0.25, -0.2) is 9.97 Å². The number of nitrogens with one attached hydrogen (secondary N) is 1. The fourth-order valence-electron chi connectivity index (χ4n) is 11.5. The molecule has 4 aromatic heterocycles. The molecule has 0 radical (unpaired) electrons. The minimum absolute atomic E-state index is 0.238. The molecule has 6 heterocycles. The number of H-pyrrole nitrogens is 1. The van der Waals surface area contributed by atoms with Crippen LogP contribution in [0.5, 0.6) is 0 Å². The quantitative estimate of drug-likeness (QED) is 0.111. The van der Waals surface area contributed by atoms with Crippen molar-refractivity contribution in [2.75, 3.05) is 40.3 Å². The van der Waals surface area contributed by atoms with Crippen molar-refractivity contribution < 1.29 is 10.2 Å². The molecule has 4 atom stereocenters. The number of aromatic nitrogens is 6. The summed E-state index contributed by atoms with van der Waals surface area (Å²) in [6.07, 6.45) is 23.9. The zero-order valence-electron chi connectivity index (χ0n) is 40.9. The van der Waals surface area contributed by atoms with Gasteiger partial charge in [0.25, 0.3) is 0 Å². The summed E-state index contributed by atoms with van der Waals surface area (Å²) >= 11 is 13.0. The number of aryl methyl sites for hydroxylation is 1. The third-order valence-electron chi connectivity index (χ3n) is 15.8. The summed E-state index contributed by atoms with van der Waals surface area (Å²) in [6.45, 7) is 8.49. The fraction of sp³-hybridized carbons (Fsp3) is 0.439. The normalized spacial score (nSPS) is 20.6. The van der Waals surface area contributed by atoms with Crippen molar-refractivity contribution >= 4 is 46.5 Å². The van der Waals surface area contributed by atoms with Crippen molar-refractivity contribution in [1.82, 2.24) is 39.3 Å². The van der Waals surface area contributed by atoms with Gasteiger partial charge in [-0.15, -0.1) is 0 Å². The van der Waals surface area contributed by atoms with Crippen molar-refractivity contribution in [3.8, 4) is 0 Å². The van der Waals surface area contributed by atoms with Crippen molar-refractivity contribution in [2.45, 2.75) is 101 Å². The third-order valence-corrected chi connectivity index (χ3v) is 16.3. The number of aromatic amines is 1. The van der Waals surface area contributed by atoms with E-state index >= 15 is 0 Å². The first-order chi connectivity index (χ1) is 33.4. The maximum absolute atomic E-state index is 11.5. The van der Waals surface area contributed by atoms with Gasteiger partial charge < -0.3 is 29.6 Å². The van der Waals surface area contributed by atoms with Crippen molar-refractivity contribution in [1.29, 1.82) is 0 Å². The summed E-state index contributed by atoms with van der Waals surface area (Å²) in [5, 5.41) is 24.4. The Hall–Kier alpha value is -4.94. The molecule has 10 rings (SSSR count). The van der Waals surface area contributed by atoms with E-state index in [2.05, 4.69) is 87.4 Å². The van der Waals surface area contributed by atoms with Crippen molar-refractivity contribution in [2.24, 2.45) is 18.9 Å². The lowest BCUT2D eigenvalue weighted by molar-refractivity contribution is 0.0206. The Labute approximate surface area is 418 Å². The molecule has 0 spiro atoms. The first-order valence-corrected chi connectivity index (χ1v) is 25.8. The smallest absolute Gasteiger partial charge is 0.108 e. The largest absolute Gasteiger partial charge is 0.384 e. The number of rotatable bonds is 12. The molecule has 69 heavy (non-hydrogen) atoms. The second-order valence-corrected chi connectivity index (χ2v) is 21.0. The number of imidazole rings is 2. The number of pyridine rings is 2. The molecular formula is C57H68Cl2N8O2. The van der Waals surface area contributed by atoms with Gasteiger partial charge in [-0.1, -0.05) is 73.5 Å².